The molecule has 0 radical (unpaired) electrons. The first-order chi connectivity index (χ1) is 13.0. The van der Waals surface area contributed by atoms with Gasteiger partial charge in [0.1, 0.15) is 15.8 Å². The first-order valence-corrected chi connectivity index (χ1v) is 9.76. The number of benzene rings is 1. The Morgan fingerprint density at radius 1 is 1.19 bits per heavy atom. The highest BCUT2D eigenvalue weighted by molar-refractivity contribution is 8.26. The van der Waals surface area contributed by atoms with Gasteiger partial charge in [-0.2, -0.15) is 0 Å². The molecule has 1 aromatic carbocycles. The minimum atomic E-state index is -0.211. The van der Waals surface area contributed by atoms with Crippen LogP contribution in [-0.4, -0.2) is 49.0 Å². The molecule has 0 aromatic heterocycles. The number of rotatable bonds is 9. The van der Waals surface area contributed by atoms with Crippen LogP contribution in [0.15, 0.2) is 23.1 Å². The van der Waals surface area contributed by atoms with E-state index < -0.39 is 0 Å². The van der Waals surface area contributed by atoms with Gasteiger partial charge < -0.3 is 14.2 Å². The topological polar surface area (TPSA) is 65.1 Å². The summed E-state index contributed by atoms with van der Waals surface area (Å²) in [7, 11) is 4.54. The molecule has 1 aromatic rings. The third kappa shape index (κ3) is 5.71. The van der Waals surface area contributed by atoms with Crippen LogP contribution in [0.4, 0.5) is 0 Å². The molecule has 1 saturated heterocycles. The maximum absolute atomic E-state index is 12.7. The Morgan fingerprint density at radius 3 is 2.63 bits per heavy atom. The smallest absolute Gasteiger partial charge is 0.305 e. The molecule has 1 amide bonds. The highest BCUT2D eigenvalue weighted by Crippen LogP contribution is 2.35. The first kappa shape index (κ1) is 21.2. The van der Waals surface area contributed by atoms with Gasteiger partial charge in [-0.15, -0.1) is 0 Å². The zero-order valence-electron chi connectivity index (χ0n) is 15.6. The quantitative estimate of drug-likeness (QED) is 0.267. The highest BCUT2D eigenvalue weighted by atomic mass is 32.2. The maximum Gasteiger partial charge on any atom is 0.305 e. The molecule has 1 aliphatic rings. The summed E-state index contributed by atoms with van der Waals surface area (Å²) in [6, 6.07) is 5.43. The average molecular weight is 410 g/mol. The van der Waals surface area contributed by atoms with E-state index in [1.165, 1.54) is 18.9 Å². The van der Waals surface area contributed by atoms with Gasteiger partial charge in [-0.3, -0.25) is 14.5 Å². The van der Waals surface area contributed by atoms with E-state index in [0.717, 1.165) is 24.8 Å². The summed E-state index contributed by atoms with van der Waals surface area (Å²) in [6.07, 6.45) is 4.53. The predicted molar refractivity (Wildman–Crippen MR) is 110 cm³/mol. The zero-order valence-corrected chi connectivity index (χ0v) is 17.3. The van der Waals surface area contributed by atoms with Crippen molar-refractivity contribution in [2.45, 2.75) is 25.7 Å². The number of thioether (sulfide) groups is 1. The zero-order chi connectivity index (χ0) is 19.8. The van der Waals surface area contributed by atoms with Crippen LogP contribution in [0.5, 0.6) is 11.5 Å². The summed E-state index contributed by atoms with van der Waals surface area (Å²) < 4.78 is 15.7. The lowest BCUT2D eigenvalue weighted by atomic mass is 10.1. The molecular formula is C19H23NO5S2. The summed E-state index contributed by atoms with van der Waals surface area (Å²) >= 11 is 6.64. The Labute approximate surface area is 168 Å². The fourth-order valence-electron chi connectivity index (χ4n) is 2.59. The second-order valence-corrected chi connectivity index (χ2v) is 7.50. The number of methoxy groups -OCH3 is 3. The van der Waals surface area contributed by atoms with Crippen LogP contribution in [-0.2, 0) is 14.3 Å². The Bertz CT molecular complexity index is 748. The van der Waals surface area contributed by atoms with Gasteiger partial charge in [-0.05, 0) is 31.1 Å². The molecule has 1 fully saturated rings. The molecule has 0 aliphatic carbocycles. The van der Waals surface area contributed by atoms with Crippen LogP contribution in [0, 0.1) is 0 Å². The van der Waals surface area contributed by atoms with Gasteiger partial charge in [-0.25, -0.2) is 0 Å². The number of hydrogen-bond acceptors (Lipinski definition) is 7. The van der Waals surface area contributed by atoms with E-state index in [1.807, 2.05) is 12.1 Å². The molecule has 0 spiro atoms. The highest BCUT2D eigenvalue weighted by Gasteiger charge is 2.31. The predicted octanol–water partition coefficient (Wildman–Crippen LogP) is 3.64. The van der Waals surface area contributed by atoms with Gasteiger partial charge in [0.05, 0.1) is 26.2 Å². The third-order valence-electron chi connectivity index (χ3n) is 4.09. The van der Waals surface area contributed by atoms with E-state index in [1.54, 1.807) is 31.3 Å². The number of hydrogen-bond donors (Lipinski definition) is 0. The van der Waals surface area contributed by atoms with E-state index in [-0.39, 0.29) is 11.9 Å². The lowest BCUT2D eigenvalue weighted by Crippen LogP contribution is -2.29. The van der Waals surface area contributed by atoms with E-state index in [0.29, 0.717) is 33.7 Å². The normalized spacial score (nSPS) is 15.4. The fourth-order valence-corrected chi connectivity index (χ4v) is 3.89. The maximum atomic E-state index is 12.7. The average Bonchev–Trinajstić information content (AvgIpc) is 2.94. The molecule has 6 nitrogen and oxygen atoms in total. The Morgan fingerprint density at radius 2 is 1.96 bits per heavy atom. The molecule has 1 aliphatic heterocycles. The van der Waals surface area contributed by atoms with Crippen molar-refractivity contribution in [3.8, 4) is 11.5 Å². The number of nitrogens with zero attached hydrogens (tertiary/aromatic N) is 1. The number of ether oxygens (including phenoxy) is 3. The van der Waals surface area contributed by atoms with Gasteiger partial charge in [-0.1, -0.05) is 30.4 Å². The molecule has 0 saturated carbocycles. The molecular weight excluding hydrogens is 386 g/mol. The van der Waals surface area contributed by atoms with Crippen molar-refractivity contribution in [2.24, 2.45) is 0 Å². The van der Waals surface area contributed by atoms with Crippen LogP contribution in [0.1, 0.15) is 31.2 Å². The lowest BCUT2D eigenvalue weighted by Gasteiger charge is -2.14. The fraction of sp³-hybridized carbons (Fsp3) is 0.421. The van der Waals surface area contributed by atoms with E-state index in [9.17, 15) is 9.59 Å². The van der Waals surface area contributed by atoms with Crippen LogP contribution in [0.2, 0.25) is 0 Å². The molecule has 146 valence electrons. The van der Waals surface area contributed by atoms with Gasteiger partial charge in [0, 0.05) is 24.6 Å². The van der Waals surface area contributed by atoms with Crippen LogP contribution in [0.3, 0.4) is 0 Å². The van der Waals surface area contributed by atoms with E-state index in [4.69, 9.17) is 21.7 Å². The third-order valence-corrected chi connectivity index (χ3v) is 5.47. The van der Waals surface area contributed by atoms with Crippen LogP contribution in [0.25, 0.3) is 6.08 Å². The number of esters is 1. The molecule has 27 heavy (non-hydrogen) atoms. The van der Waals surface area contributed by atoms with Gasteiger partial charge in [0.2, 0.25) is 0 Å². The molecule has 0 N–H and O–H groups in total. The Hall–Kier alpha value is -2.06. The molecule has 0 atom stereocenters. The van der Waals surface area contributed by atoms with E-state index in [2.05, 4.69) is 4.74 Å². The molecule has 0 unspecified atom stereocenters. The van der Waals surface area contributed by atoms with Crippen molar-refractivity contribution in [2.75, 3.05) is 27.9 Å². The summed E-state index contributed by atoms with van der Waals surface area (Å²) in [6.45, 7) is 0.545. The van der Waals surface area contributed by atoms with Gasteiger partial charge in [0.15, 0.2) is 0 Å². The SMILES string of the molecule is COC(=O)CCCCCN1C(=O)/C(=C/c2ccc(OC)cc2OC)SC1=S. The lowest BCUT2D eigenvalue weighted by molar-refractivity contribution is -0.140. The molecule has 2 rings (SSSR count). The van der Waals surface area contributed by atoms with Gasteiger partial charge >= 0.3 is 5.97 Å². The number of carbonyl (C=O) groups excluding carboxylic acids is 2. The summed E-state index contributed by atoms with van der Waals surface area (Å²) in [4.78, 5) is 26.0. The van der Waals surface area contributed by atoms with Gasteiger partial charge in [0.25, 0.3) is 5.91 Å². The second-order valence-electron chi connectivity index (χ2n) is 5.83. The molecule has 8 heteroatoms. The standard InChI is InChI=1S/C19H23NO5S2/c1-23-14-9-8-13(15(12-14)24-2)11-16-18(22)20(19(26)27-16)10-6-4-5-7-17(21)25-3/h8-9,11-12H,4-7,10H2,1-3H3/b16-11-. The van der Waals surface area contributed by atoms with E-state index >= 15 is 0 Å². The number of unbranched alkanes of at least 4 members (excludes halogenated alkanes) is 2. The minimum Gasteiger partial charge on any atom is -0.497 e. The Balaban J connectivity index is 1.99. The monoisotopic (exact) mass is 409 g/mol. The molecule has 0 bridgehead atoms. The van der Waals surface area contributed by atoms with Crippen molar-refractivity contribution < 1.29 is 23.8 Å². The Kier molecular flexibility index (Phi) is 8.12. The summed E-state index contributed by atoms with van der Waals surface area (Å²) in [5.41, 5.74) is 0.789. The largest absolute Gasteiger partial charge is 0.497 e. The van der Waals surface area contributed by atoms with Crippen molar-refractivity contribution in [3.05, 3.63) is 28.7 Å². The second kappa shape index (κ2) is 10.3. The van der Waals surface area contributed by atoms with Crippen LogP contribution < -0.4 is 9.47 Å². The van der Waals surface area contributed by atoms with Crippen molar-refractivity contribution >= 4 is 46.3 Å². The first-order valence-electron chi connectivity index (χ1n) is 8.54. The summed E-state index contributed by atoms with van der Waals surface area (Å²) in [5.74, 6) is 0.999. The number of carbonyl (C=O) groups is 2. The van der Waals surface area contributed by atoms with Crippen LogP contribution >= 0.6 is 24.0 Å². The van der Waals surface area contributed by atoms with Crippen molar-refractivity contribution in [1.82, 2.24) is 4.90 Å². The summed E-state index contributed by atoms with van der Waals surface area (Å²) in [5, 5.41) is 0. The van der Waals surface area contributed by atoms with Crippen molar-refractivity contribution in [3.63, 3.8) is 0 Å². The number of thiocarbonyl (C=S) groups is 1. The minimum absolute atomic E-state index is 0.101. The van der Waals surface area contributed by atoms with Crippen molar-refractivity contribution in [1.29, 1.82) is 0 Å². The number of amides is 1. The molecule has 1 heterocycles.